The monoisotopic (exact) mass is 344 g/mol. The molecule has 0 saturated heterocycles. The molecular weight excluding hydrogens is 316 g/mol. The molecule has 6 heteroatoms. The number of benzene rings is 1. The van der Waals surface area contributed by atoms with Crippen LogP contribution in [0.3, 0.4) is 0 Å². The number of hydrogen-bond donors (Lipinski definition) is 1. The Balaban J connectivity index is 1.80. The van der Waals surface area contributed by atoms with Gasteiger partial charge in [-0.05, 0) is 44.2 Å². The molecule has 0 bridgehead atoms. The largest absolute Gasteiger partial charge is 0.491 e. The molecule has 0 aliphatic heterocycles. The fourth-order valence-corrected chi connectivity index (χ4v) is 2.66. The predicted molar refractivity (Wildman–Crippen MR) is 100 cm³/mol. The molecule has 0 amide bonds. The first-order valence-electron chi connectivity index (χ1n) is 8.39. The topological polar surface area (TPSA) is 61.7 Å². The fourth-order valence-electron chi connectivity index (χ4n) is 2.66. The molecule has 1 unspecified atom stereocenters. The van der Waals surface area contributed by atoms with Crippen LogP contribution in [0.1, 0.15) is 16.7 Å². The second-order valence-corrected chi connectivity index (χ2v) is 6.77. The lowest BCUT2D eigenvalue weighted by Gasteiger charge is -2.21. The third-order valence-electron chi connectivity index (χ3n) is 3.70. The van der Waals surface area contributed by atoms with Crippen LogP contribution in [0.2, 0.25) is 0 Å². The Hall–Kier alpha value is -2.18. The summed E-state index contributed by atoms with van der Waals surface area (Å²) in [5, 5.41) is 10.2. The molecule has 1 heterocycles. The van der Waals surface area contributed by atoms with Crippen LogP contribution in [0.5, 0.6) is 5.75 Å². The van der Waals surface area contributed by atoms with Crippen LogP contribution in [0.25, 0.3) is 0 Å². The summed E-state index contributed by atoms with van der Waals surface area (Å²) >= 11 is 0. The minimum Gasteiger partial charge on any atom is -0.491 e. The van der Waals surface area contributed by atoms with Crippen molar-refractivity contribution in [1.82, 2.24) is 14.9 Å². The van der Waals surface area contributed by atoms with E-state index in [1.165, 1.54) is 0 Å². The molecule has 1 atom stereocenters. The van der Waals surface area contributed by atoms with Crippen LogP contribution in [0, 0.1) is 13.8 Å². The van der Waals surface area contributed by atoms with E-state index in [-0.39, 0.29) is 6.61 Å². The van der Waals surface area contributed by atoms with Gasteiger partial charge in [-0.2, -0.15) is 0 Å². The third kappa shape index (κ3) is 6.32. The Morgan fingerprint density at radius 1 is 1.04 bits per heavy atom. The van der Waals surface area contributed by atoms with E-state index in [0.29, 0.717) is 19.0 Å². The molecule has 2 rings (SSSR count). The fraction of sp³-hybridized carbons (Fsp3) is 0.474. The SMILES string of the molecule is Cc1cc(C)cc(OCC(O)CN(C)Cc2cnc(N(C)C)nc2)c1. The zero-order valence-corrected chi connectivity index (χ0v) is 15.7. The van der Waals surface area contributed by atoms with Gasteiger partial charge < -0.3 is 14.7 Å². The van der Waals surface area contributed by atoms with Crippen molar-refractivity contribution in [2.45, 2.75) is 26.5 Å². The number of aromatic nitrogens is 2. The number of aryl methyl sites for hydroxylation is 2. The van der Waals surface area contributed by atoms with E-state index in [9.17, 15) is 5.11 Å². The lowest BCUT2D eigenvalue weighted by Crippen LogP contribution is -2.32. The van der Waals surface area contributed by atoms with Crippen molar-refractivity contribution in [3.8, 4) is 5.75 Å². The molecule has 25 heavy (non-hydrogen) atoms. The summed E-state index contributed by atoms with van der Waals surface area (Å²) < 4.78 is 5.72. The number of ether oxygens (including phenoxy) is 1. The van der Waals surface area contributed by atoms with Crippen LogP contribution in [0.4, 0.5) is 5.95 Å². The Labute approximate surface area is 150 Å². The number of rotatable bonds is 8. The average molecular weight is 344 g/mol. The first kappa shape index (κ1) is 19.1. The maximum atomic E-state index is 10.2. The summed E-state index contributed by atoms with van der Waals surface area (Å²) in [6.07, 6.45) is 3.07. The lowest BCUT2D eigenvalue weighted by atomic mass is 10.1. The van der Waals surface area contributed by atoms with Crippen molar-refractivity contribution in [1.29, 1.82) is 0 Å². The first-order chi connectivity index (χ1) is 11.8. The Bertz CT molecular complexity index is 653. The van der Waals surface area contributed by atoms with Gasteiger partial charge in [0.25, 0.3) is 0 Å². The summed E-state index contributed by atoms with van der Waals surface area (Å²) in [4.78, 5) is 12.5. The van der Waals surface area contributed by atoms with Crippen molar-refractivity contribution < 1.29 is 9.84 Å². The third-order valence-corrected chi connectivity index (χ3v) is 3.70. The first-order valence-corrected chi connectivity index (χ1v) is 8.39. The second-order valence-electron chi connectivity index (χ2n) is 6.77. The second kappa shape index (κ2) is 8.78. The van der Waals surface area contributed by atoms with E-state index in [0.717, 1.165) is 22.4 Å². The molecule has 0 aliphatic rings. The van der Waals surface area contributed by atoms with Gasteiger partial charge in [0.05, 0.1) is 0 Å². The van der Waals surface area contributed by atoms with Gasteiger partial charge in [-0.25, -0.2) is 9.97 Å². The van der Waals surface area contributed by atoms with Crippen molar-refractivity contribution in [3.63, 3.8) is 0 Å². The molecule has 0 radical (unpaired) electrons. The number of aliphatic hydroxyl groups is 1. The van der Waals surface area contributed by atoms with Crippen molar-refractivity contribution in [2.24, 2.45) is 0 Å². The highest BCUT2D eigenvalue weighted by Crippen LogP contribution is 2.16. The Kier molecular flexibility index (Phi) is 6.73. The van der Waals surface area contributed by atoms with E-state index in [2.05, 4.69) is 16.0 Å². The van der Waals surface area contributed by atoms with Gasteiger partial charge in [0.2, 0.25) is 5.95 Å². The Morgan fingerprint density at radius 2 is 1.64 bits per heavy atom. The lowest BCUT2D eigenvalue weighted by molar-refractivity contribution is 0.0743. The highest BCUT2D eigenvalue weighted by molar-refractivity contribution is 5.33. The maximum absolute atomic E-state index is 10.2. The van der Waals surface area contributed by atoms with Crippen LogP contribution in [0.15, 0.2) is 30.6 Å². The molecule has 2 aromatic rings. The number of anilines is 1. The zero-order valence-electron chi connectivity index (χ0n) is 15.7. The summed E-state index contributed by atoms with van der Waals surface area (Å²) in [6.45, 7) is 5.53. The molecule has 0 saturated carbocycles. The average Bonchev–Trinajstić information content (AvgIpc) is 2.52. The van der Waals surface area contributed by atoms with Crippen molar-refractivity contribution in [3.05, 3.63) is 47.3 Å². The molecule has 0 aliphatic carbocycles. The van der Waals surface area contributed by atoms with E-state index >= 15 is 0 Å². The predicted octanol–water partition coefficient (Wildman–Crippen LogP) is 2.03. The minimum atomic E-state index is -0.562. The van der Waals surface area contributed by atoms with Crippen LogP contribution < -0.4 is 9.64 Å². The number of nitrogens with zero attached hydrogens (tertiary/aromatic N) is 4. The number of likely N-dealkylation sites (N-methyl/N-ethyl adjacent to an activating group) is 1. The number of hydrogen-bond acceptors (Lipinski definition) is 6. The van der Waals surface area contributed by atoms with Gasteiger partial charge in [-0.15, -0.1) is 0 Å². The number of aliphatic hydroxyl groups excluding tert-OH is 1. The minimum absolute atomic E-state index is 0.267. The molecule has 0 spiro atoms. The molecule has 1 N–H and O–H groups in total. The van der Waals surface area contributed by atoms with E-state index in [1.807, 2.05) is 69.3 Å². The molecule has 6 nitrogen and oxygen atoms in total. The molecule has 0 fully saturated rings. The normalized spacial score (nSPS) is 12.3. The molecule has 1 aromatic heterocycles. The van der Waals surface area contributed by atoms with E-state index < -0.39 is 6.10 Å². The highest BCUT2D eigenvalue weighted by atomic mass is 16.5. The van der Waals surface area contributed by atoms with Gasteiger partial charge in [-0.1, -0.05) is 6.07 Å². The van der Waals surface area contributed by atoms with Crippen molar-refractivity contribution >= 4 is 5.95 Å². The van der Waals surface area contributed by atoms with Crippen molar-refractivity contribution in [2.75, 3.05) is 39.2 Å². The van der Waals surface area contributed by atoms with E-state index in [4.69, 9.17) is 4.74 Å². The molecular formula is C19H28N4O2. The van der Waals surface area contributed by atoms with Gasteiger partial charge in [0.15, 0.2) is 0 Å². The van der Waals surface area contributed by atoms with Crippen LogP contribution >= 0.6 is 0 Å². The van der Waals surface area contributed by atoms with E-state index in [1.54, 1.807) is 0 Å². The Morgan fingerprint density at radius 3 is 2.20 bits per heavy atom. The zero-order chi connectivity index (χ0) is 18.4. The smallest absolute Gasteiger partial charge is 0.224 e. The molecule has 1 aromatic carbocycles. The highest BCUT2D eigenvalue weighted by Gasteiger charge is 2.11. The summed E-state index contributed by atoms with van der Waals surface area (Å²) in [6, 6.07) is 6.06. The summed E-state index contributed by atoms with van der Waals surface area (Å²) in [5.74, 6) is 1.49. The maximum Gasteiger partial charge on any atom is 0.224 e. The van der Waals surface area contributed by atoms with Crippen LogP contribution in [-0.2, 0) is 6.54 Å². The quantitative estimate of drug-likeness (QED) is 0.791. The van der Waals surface area contributed by atoms with Gasteiger partial charge in [-0.3, -0.25) is 4.90 Å². The standard InChI is InChI=1S/C19H28N4O2/c1-14-6-15(2)8-18(7-14)25-13-17(24)12-23(5)11-16-9-20-19(21-10-16)22(3)4/h6-10,17,24H,11-13H2,1-5H3. The van der Waals surface area contributed by atoms with Gasteiger partial charge >= 0.3 is 0 Å². The van der Waals surface area contributed by atoms with Gasteiger partial charge in [0.1, 0.15) is 18.5 Å². The van der Waals surface area contributed by atoms with Gasteiger partial charge in [0, 0.05) is 45.1 Å². The molecule has 136 valence electrons. The summed E-state index contributed by atoms with van der Waals surface area (Å²) in [7, 11) is 5.78. The summed E-state index contributed by atoms with van der Waals surface area (Å²) in [5.41, 5.74) is 3.32. The van der Waals surface area contributed by atoms with Crippen LogP contribution in [-0.4, -0.2) is 60.4 Å².